The fourth-order valence-electron chi connectivity index (χ4n) is 2.46. The van der Waals surface area contributed by atoms with Crippen molar-refractivity contribution in [2.24, 2.45) is 0 Å². The summed E-state index contributed by atoms with van der Waals surface area (Å²) in [7, 11) is 1.71. The van der Waals surface area contributed by atoms with Crippen molar-refractivity contribution >= 4 is 29.5 Å². The minimum Gasteiger partial charge on any atom is -0.478 e. The zero-order valence-corrected chi connectivity index (χ0v) is 15.1. The van der Waals surface area contributed by atoms with Crippen LogP contribution in [0.15, 0.2) is 10.5 Å². The van der Waals surface area contributed by atoms with Crippen molar-refractivity contribution < 1.29 is 23.9 Å². The van der Waals surface area contributed by atoms with Crippen molar-refractivity contribution in [3.05, 3.63) is 23.2 Å². The van der Waals surface area contributed by atoms with Gasteiger partial charge in [-0.15, -0.1) is 11.8 Å². The Morgan fingerprint density at radius 2 is 2.12 bits per heavy atom. The molecular formula is C16H22N2O5S. The Kier molecular flexibility index (Phi) is 5.58. The van der Waals surface area contributed by atoms with Gasteiger partial charge in [0, 0.05) is 31.3 Å². The third-order valence-corrected chi connectivity index (χ3v) is 5.13. The molecule has 1 aliphatic heterocycles. The minimum atomic E-state index is -1.13. The molecule has 1 aromatic rings. The first-order valence-corrected chi connectivity index (χ1v) is 8.94. The zero-order chi connectivity index (χ0) is 18.0. The lowest BCUT2D eigenvalue weighted by Gasteiger charge is -2.29. The van der Waals surface area contributed by atoms with Gasteiger partial charge >= 0.3 is 5.97 Å². The minimum absolute atomic E-state index is 0.00475. The summed E-state index contributed by atoms with van der Waals surface area (Å²) in [6.07, 6.45) is 0.377. The molecule has 0 aliphatic carbocycles. The maximum atomic E-state index is 12.7. The summed E-state index contributed by atoms with van der Waals surface area (Å²) in [6, 6.07) is 0.729. The van der Waals surface area contributed by atoms with Crippen LogP contribution < -0.4 is 0 Å². The molecule has 2 amide bonds. The van der Waals surface area contributed by atoms with Crippen molar-refractivity contribution in [3.63, 3.8) is 0 Å². The largest absolute Gasteiger partial charge is 0.478 e. The van der Waals surface area contributed by atoms with Gasteiger partial charge in [0.15, 0.2) is 5.76 Å². The van der Waals surface area contributed by atoms with E-state index < -0.39 is 17.9 Å². The van der Waals surface area contributed by atoms with E-state index in [1.807, 2.05) is 13.8 Å². The molecule has 1 N–H and O–H groups in total. The van der Waals surface area contributed by atoms with E-state index in [4.69, 9.17) is 4.42 Å². The lowest BCUT2D eigenvalue weighted by atomic mass is 10.2. The number of hydrogen-bond acceptors (Lipinski definition) is 5. The highest BCUT2D eigenvalue weighted by atomic mass is 32.2. The Hall–Kier alpha value is -1.96. The van der Waals surface area contributed by atoms with Crippen LogP contribution in [0.2, 0.25) is 0 Å². The number of amides is 2. The lowest BCUT2D eigenvalue weighted by Crippen LogP contribution is -2.49. The van der Waals surface area contributed by atoms with Crippen molar-refractivity contribution in [2.45, 2.75) is 39.3 Å². The van der Waals surface area contributed by atoms with Crippen LogP contribution in [-0.4, -0.2) is 63.5 Å². The fourth-order valence-corrected chi connectivity index (χ4v) is 3.60. The van der Waals surface area contributed by atoms with Crippen LogP contribution in [0.1, 0.15) is 47.4 Å². The zero-order valence-electron chi connectivity index (χ0n) is 14.2. The Morgan fingerprint density at radius 3 is 2.62 bits per heavy atom. The van der Waals surface area contributed by atoms with E-state index in [0.29, 0.717) is 18.1 Å². The van der Waals surface area contributed by atoms with E-state index in [9.17, 15) is 19.5 Å². The first-order valence-electron chi connectivity index (χ1n) is 7.79. The summed E-state index contributed by atoms with van der Waals surface area (Å²) in [6.45, 7) is 5.58. The number of rotatable bonds is 5. The van der Waals surface area contributed by atoms with Crippen molar-refractivity contribution in [2.75, 3.05) is 18.7 Å². The lowest BCUT2D eigenvalue weighted by molar-refractivity contribution is -0.135. The van der Waals surface area contributed by atoms with Crippen molar-refractivity contribution in [1.82, 2.24) is 9.80 Å². The topological polar surface area (TPSA) is 91.1 Å². The average molecular weight is 354 g/mol. The molecule has 1 saturated heterocycles. The number of likely N-dealkylation sites (N-methyl/N-ethyl adjacent to an activating group) is 1. The summed E-state index contributed by atoms with van der Waals surface area (Å²) >= 11 is 1.49. The van der Waals surface area contributed by atoms with Gasteiger partial charge in [-0.3, -0.25) is 9.59 Å². The molecule has 0 aromatic carbocycles. The van der Waals surface area contributed by atoms with E-state index >= 15 is 0 Å². The second-order valence-corrected chi connectivity index (χ2v) is 6.94. The van der Waals surface area contributed by atoms with Gasteiger partial charge in [0.2, 0.25) is 5.91 Å². The average Bonchev–Trinajstić information content (AvgIpc) is 3.19. The van der Waals surface area contributed by atoms with Gasteiger partial charge in [0.1, 0.15) is 17.4 Å². The molecule has 1 unspecified atom stereocenters. The Balaban J connectivity index is 2.25. The summed E-state index contributed by atoms with van der Waals surface area (Å²) in [4.78, 5) is 39.6. The molecular weight excluding hydrogens is 332 g/mol. The molecule has 0 saturated carbocycles. The monoisotopic (exact) mass is 354 g/mol. The number of thioether (sulfide) groups is 1. The highest BCUT2D eigenvalue weighted by Gasteiger charge is 2.38. The molecule has 24 heavy (non-hydrogen) atoms. The molecule has 1 fully saturated rings. The second kappa shape index (κ2) is 7.29. The predicted octanol–water partition coefficient (Wildman–Crippen LogP) is 1.92. The van der Waals surface area contributed by atoms with Crippen LogP contribution in [0.25, 0.3) is 0 Å². The molecule has 8 heteroatoms. The summed E-state index contributed by atoms with van der Waals surface area (Å²) in [5.41, 5.74) is -0.00475. The Bertz CT molecular complexity index is 655. The van der Waals surface area contributed by atoms with Crippen LogP contribution in [0.4, 0.5) is 0 Å². The number of carbonyl (C=O) groups is 3. The number of carbonyl (C=O) groups excluding carboxylic acids is 2. The van der Waals surface area contributed by atoms with E-state index in [0.717, 1.165) is 0 Å². The smallest absolute Gasteiger partial charge is 0.339 e. The molecule has 7 nitrogen and oxygen atoms in total. The highest BCUT2D eigenvalue weighted by Crippen LogP contribution is 2.26. The first-order chi connectivity index (χ1) is 11.3. The van der Waals surface area contributed by atoms with Gasteiger partial charge in [-0.1, -0.05) is 6.92 Å². The summed E-state index contributed by atoms with van der Waals surface area (Å²) in [5, 5.41) is 9.18. The van der Waals surface area contributed by atoms with Crippen LogP contribution >= 0.6 is 11.8 Å². The molecule has 0 spiro atoms. The van der Waals surface area contributed by atoms with Gasteiger partial charge in [0.05, 0.1) is 5.88 Å². The molecule has 0 radical (unpaired) electrons. The van der Waals surface area contributed by atoms with Crippen LogP contribution in [-0.2, 0) is 11.2 Å². The molecule has 0 bridgehead atoms. The second-order valence-electron chi connectivity index (χ2n) is 5.94. The maximum Gasteiger partial charge on any atom is 0.339 e. The Morgan fingerprint density at radius 1 is 1.46 bits per heavy atom. The van der Waals surface area contributed by atoms with E-state index in [1.165, 1.54) is 22.7 Å². The fraction of sp³-hybridized carbons (Fsp3) is 0.562. The number of aromatic carboxylic acids is 1. The number of nitrogens with zero attached hydrogens (tertiary/aromatic N) is 2. The molecule has 132 valence electrons. The van der Waals surface area contributed by atoms with E-state index in [1.54, 1.807) is 18.9 Å². The molecule has 1 aliphatic rings. The third-order valence-electron chi connectivity index (χ3n) is 4.12. The summed E-state index contributed by atoms with van der Waals surface area (Å²) in [5.74, 6) is -0.559. The third kappa shape index (κ3) is 3.43. The van der Waals surface area contributed by atoms with Crippen molar-refractivity contribution in [3.8, 4) is 0 Å². The van der Waals surface area contributed by atoms with Crippen LogP contribution in [0, 0.1) is 0 Å². The van der Waals surface area contributed by atoms with Gasteiger partial charge in [-0.25, -0.2) is 4.79 Å². The molecule has 2 heterocycles. The predicted molar refractivity (Wildman–Crippen MR) is 90.2 cm³/mol. The number of carboxylic acids is 1. The van der Waals surface area contributed by atoms with Crippen LogP contribution in [0.5, 0.6) is 0 Å². The van der Waals surface area contributed by atoms with Gasteiger partial charge in [-0.2, -0.15) is 0 Å². The molecule has 1 aromatic heterocycles. The summed E-state index contributed by atoms with van der Waals surface area (Å²) < 4.78 is 5.43. The van der Waals surface area contributed by atoms with Gasteiger partial charge in [-0.05, 0) is 13.8 Å². The molecule has 1 atom stereocenters. The number of aryl methyl sites for hydroxylation is 1. The number of furan rings is 1. The SMILES string of the molecule is CCc1oc(C(=O)N2CSCC2C(=O)N(C)C(C)C)cc1C(=O)O. The normalized spacial score (nSPS) is 17.4. The first kappa shape index (κ1) is 18.4. The van der Waals surface area contributed by atoms with E-state index in [2.05, 4.69) is 0 Å². The van der Waals surface area contributed by atoms with Gasteiger partial charge in [0.25, 0.3) is 5.91 Å². The van der Waals surface area contributed by atoms with Gasteiger partial charge < -0.3 is 19.3 Å². The quantitative estimate of drug-likeness (QED) is 0.869. The van der Waals surface area contributed by atoms with Crippen LogP contribution in [0.3, 0.4) is 0 Å². The maximum absolute atomic E-state index is 12.7. The molecule has 2 rings (SSSR count). The number of hydrogen-bond donors (Lipinski definition) is 1. The van der Waals surface area contributed by atoms with E-state index in [-0.39, 0.29) is 29.0 Å². The Labute approximate surface area is 145 Å². The van der Waals surface area contributed by atoms with Crippen molar-refractivity contribution in [1.29, 1.82) is 0 Å². The number of carboxylic acid groups (broad SMARTS) is 1. The standard InChI is InChI=1S/C16H22N2O5S/c1-5-12-10(16(21)22)6-13(23-12)15(20)18-8-24-7-11(18)14(19)17(4)9(2)3/h6,9,11H,5,7-8H2,1-4H3,(H,21,22). The highest BCUT2D eigenvalue weighted by molar-refractivity contribution is 7.99.